The molecule has 87 heavy (non-hydrogen) atoms. The first-order valence-electron chi connectivity index (χ1n) is 27.7. The minimum Gasteiger partial charge on any atom is -0.477 e. The van der Waals surface area contributed by atoms with Crippen LogP contribution in [0.2, 0.25) is 0 Å². The summed E-state index contributed by atoms with van der Waals surface area (Å²) in [6.45, 7) is 6.93. The van der Waals surface area contributed by atoms with Gasteiger partial charge in [0.1, 0.15) is 18.8 Å². The molecule has 0 bridgehead atoms. The third-order valence-electron chi connectivity index (χ3n) is 12.6. The van der Waals surface area contributed by atoms with Crippen molar-refractivity contribution in [2.24, 2.45) is 37.9 Å². The second-order valence-electron chi connectivity index (χ2n) is 19.0. The van der Waals surface area contributed by atoms with Gasteiger partial charge in [0.2, 0.25) is 23.3 Å². The van der Waals surface area contributed by atoms with Crippen molar-refractivity contribution < 1.29 is 107 Å². The molecule has 2 aliphatic rings. The highest BCUT2D eigenvalue weighted by Gasteiger charge is 2.48. The van der Waals surface area contributed by atoms with E-state index < -0.39 is 133 Å². The number of amides is 4. The maximum Gasteiger partial charge on any atom is 0.410 e. The number of nitrogens with one attached hydrogen (secondary N) is 2. The zero-order chi connectivity index (χ0) is 65.0. The van der Waals surface area contributed by atoms with Crippen molar-refractivity contribution >= 4 is 53.8 Å². The molecule has 2 heterocycles. The average molecular weight is 1250 g/mol. The largest absolute Gasteiger partial charge is 0.477 e. The number of carboxylic acids is 2. The number of nitrogens with zero attached hydrogens (tertiary/aromatic N) is 7. The summed E-state index contributed by atoms with van der Waals surface area (Å²) in [4.78, 5) is 95.0. The lowest BCUT2D eigenvalue weighted by atomic mass is 9.92. The van der Waals surface area contributed by atoms with E-state index in [4.69, 9.17) is 76.7 Å². The molecule has 16 N–H and O–H groups in total. The number of terminal acetylenes is 1. The van der Waals surface area contributed by atoms with E-state index in [2.05, 4.69) is 31.5 Å². The standard InChI is InChI=1S/C52H89N13O22/c1-8-16-78-22-24-82-26-27-83-25-23-81-17-11-62(7)50(57-6)65(14-20-79-18-12-63(9-2)51(76)86-42(36(70)30-66)44-40(58-32(4)68)34(60-48(53)54)28-38(84-44)46(72)73)15-21-80-19-13-64(10-3)52(77)87-43(37(71)31-67)45-41(59-33(5)69)35(61-49(55)56)29-39(85-45)47(74)75/h1,28-29,34-37,40-45,66-67,70-71H,9-27,30-31H2,2-7H3,(H,58,68)(H,59,69)(H,72,73)(H,74,75)(H4,53,54,60)(H4,55,56,61)/t34-,35-,36+,37+,40+,41+,42+,43+,44+,45+/m0/s1. The Bertz CT molecular complexity index is 2210. The molecule has 0 saturated heterocycles. The SMILES string of the molecule is C#CCOCCOCCOCCOCCN(C)C(=NC)N(CCOCCN(CC)C(=O)O[C@@H]([C@@H]1OC(C(=O)O)=C[C@H](N=C(N)N)[C@H]1NC(C)=O)[C@H](O)CO)CCOCCN(CC)C(=O)O[C@@H]([C@@H]1OC(C(=O)O)=C[C@H](N=C(N)N)[C@H]1NC(C)=O)[C@H](O)CO. The Morgan fingerprint density at radius 1 is 0.609 bits per heavy atom. The lowest BCUT2D eigenvalue weighted by Crippen LogP contribution is -2.61. The van der Waals surface area contributed by atoms with Crippen LogP contribution in [-0.4, -0.2) is 317 Å². The van der Waals surface area contributed by atoms with E-state index in [0.717, 1.165) is 26.0 Å². The Morgan fingerprint density at radius 3 is 1.28 bits per heavy atom. The van der Waals surface area contributed by atoms with E-state index in [9.17, 15) is 59.4 Å². The number of likely N-dealkylation sites (N-methyl/N-ethyl adjacent to an activating group) is 3. The first kappa shape index (κ1) is 75.6. The predicted molar refractivity (Wildman–Crippen MR) is 308 cm³/mol. The highest BCUT2D eigenvalue weighted by Crippen LogP contribution is 2.29. The first-order chi connectivity index (χ1) is 41.5. The molecule has 4 amide bonds. The van der Waals surface area contributed by atoms with Crippen LogP contribution in [0.25, 0.3) is 0 Å². The van der Waals surface area contributed by atoms with Gasteiger partial charge < -0.3 is 131 Å². The molecule has 10 atom stereocenters. The Kier molecular flexibility index (Phi) is 36.1. The van der Waals surface area contributed by atoms with Gasteiger partial charge in [-0.25, -0.2) is 29.2 Å². The summed E-state index contributed by atoms with van der Waals surface area (Å²) in [7, 11) is 3.38. The summed E-state index contributed by atoms with van der Waals surface area (Å²) in [5.74, 6) is -3.84. The van der Waals surface area contributed by atoms with Gasteiger partial charge in [-0.15, -0.1) is 6.42 Å². The minimum atomic E-state index is -1.85. The monoisotopic (exact) mass is 1250 g/mol. The summed E-state index contributed by atoms with van der Waals surface area (Å²) >= 11 is 0. The van der Waals surface area contributed by atoms with Crippen LogP contribution in [0.1, 0.15) is 27.7 Å². The number of carbonyl (C=O) groups is 6. The number of carbonyl (C=O) groups excluding carboxylic acids is 4. The predicted octanol–water partition coefficient (Wildman–Crippen LogP) is -5.67. The van der Waals surface area contributed by atoms with Gasteiger partial charge in [-0.2, -0.15) is 0 Å². The summed E-state index contributed by atoms with van der Waals surface area (Å²) in [5.41, 5.74) is 22.4. The molecule has 0 aromatic carbocycles. The second-order valence-corrected chi connectivity index (χ2v) is 19.0. The van der Waals surface area contributed by atoms with Crippen LogP contribution in [0.5, 0.6) is 0 Å². The molecule has 35 nitrogen and oxygen atoms in total. The zero-order valence-corrected chi connectivity index (χ0v) is 50.0. The number of hydrogen-bond acceptors (Lipinski definition) is 23. The van der Waals surface area contributed by atoms with Gasteiger partial charge in [0.05, 0.1) is 110 Å². The molecule has 0 aromatic heterocycles. The molecule has 0 unspecified atom stereocenters. The average Bonchev–Trinajstić information content (AvgIpc) is 3.29. The highest BCUT2D eigenvalue weighted by molar-refractivity contribution is 5.86. The first-order valence-corrected chi connectivity index (χ1v) is 27.7. The number of aliphatic hydroxyl groups excluding tert-OH is 4. The molecule has 0 fully saturated rings. The Balaban J connectivity index is 2.23. The maximum atomic E-state index is 13.7. The summed E-state index contributed by atoms with van der Waals surface area (Å²) in [6.07, 6.45) is -5.34. The van der Waals surface area contributed by atoms with Gasteiger partial charge in [-0.1, -0.05) is 5.92 Å². The van der Waals surface area contributed by atoms with Crippen LogP contribution in [-0.2, 0) is 66.5 Å². The van der Waals surface area contributed by atoms with E-state index in [1.807, 2.05) is 9.80 Å². The van der Waals surface area contributed by atoms with Crippen LogP contribution < -0.4 is 33.6 Å². The topological polar surface area (TPSA) is 494 Å². The molecule has 0 radical (unpaired) electrons. The molecule has 35 heteroatoms. The van der Waals surface area contributed by atoms with E-state index in [-0.39, 0.29) is 78.9 Å². The second kappa shape index (κ2) is 41.5. The minimum absolute atomic E-state index is 0.0496. The van der Waals surface area contributed by atoms with E-state index in [0.29, 0.717) is 52.1 Å². The molecule has 0 spiro atoms. The van der Waals surface area contributed by atoms with Gasteiger partial charge >= 0.3 is 24.1 Å². The van der Waals surface area contributed by atoms with Gasteiger partial charge in [0.15, 0.2) is 42.3 Å². The summed E-state index contributed by atoms with van der Waals surface area (Å²) in [5, 5.41) is 66.7. The number of guanidine groups is 3. The number of ether oxygens (including phenoxy) is 10. The summed E-state index contributed by atoms with van der Waals surface area (Å²) in [6, 6.07) is -5.12. The van der Waals surface area contributed by atoms with E-state index in [1.165, 1.54) is 9.80 Å². The molecule has 494 valence electrons. The fourth-order valence-corrected chi connectivity index (χ4v) is 8.53. The number of hydrogen-bond donors (Lipinski definition) is 12. The van der Waals surface area contributed by atoms with Crippen molar-refractivity contribution in [1.82, 2.24) is 30.2 Å². The molecule has 0 aliphatic carbocycles. The highest BCUT2D eigenvalue weighted by atomic mass is 16.6. The van der Waals surface area contributed by atoms with Crippen LogP contribution in [0.3, 0.4) is 0 Å². The van der Waals surface area contributed by atoms with Crippen molar-refractivity contribution in [3.8, 4) is 12.3 Å². The van der Waals surface area contributed by atoms with E-state index in [1.54, 1.807) is 27.9 Å². The number of carboxylic acid groups (broad SMARTS) is 2. The lowest BCUT2D eigenvalue weighted by molar-refractivity contribution is -0.148. The van der Waals surface area contributed by atoms with Crippen LogP contribution in [0.4, 0.5) is 9.59 Å². The molecule has 2 aliphatic heterocycles. The van der Waals surface area contributed by atoms with Crippen molar-refractivity contribution in [2.45, 2.75) is 88.5 Å². The lowest BCUT2D eigenvalue weighted by Gasteiger charge is -2.40. The molecule has 0 aromatic rings. The number of rotatable bonds is 41. The van der Waals surface area contributed by atoms with Gasteiger partial charge in [0.25, 0.3) is 0 Å². The Labute approximate surface area is 504 Å². The number of aliphatic hydroxyl groups is 4. The van der Waals surface area contributed by atoms with Crippen molar-refractivity contribution in [3.05, 3.63) is 23.7 Å². The fraction of sp³-hybridized carbons (Fsp3) is 0.712. The Morgan fingerprint density at radius 2 is 0.954 bits per heavy atom. The van der Waals surface area contributed by atoms with Crippen molar-refractivity contribution in [2.75, 3.05) is 152 Å². The number of aliphatic carboxylic acids is 2. The van der Waals surface area contributed by atoms with Crippen LogP contribution in [0.15, 0.2) is 38.6 Å². The molecular formula is C52H89N13O22. The third-order valence-corrected chi connectivity index (χ3v) is 12.6. The molecule has 2 rings (SSSR count). The maximum absolute atomic E-state index is 13.7. The zero-order valence-electron chi connectivity index (χ0n) is 50.0. The van der Waals surface area contributed by atoms with Gasteiger partial charge in [-0.05, 0) is 26.0 Å². The van der Waals surface area contributed by atoms with Crippen molar-refractivity contribution in [3.63, 3.8) is 0 Å². The van der Waals surface area contributed by atoms with E-state index >= 15 is 0 Å². The third kappa shape index (κ3) is 27.4. The number of nitrogens with two attached hydrogens (primary N) is 4. The smallest absolute Gasteiger partial charge is 0.410 e. The fourth-order valence-electron chi connectivity index (χ4n) is 8.53. The summed E-state index contributed by atoms with van der Waals surface area (Å²) < 4.78 is 56.6. The molecular weight excluding hydrogens is 1160 g/mol. The Hall–Kier alpha value is -7.53. The quantitative estimate of drug-likeness (QED) is 0.0117. The van der Waals surface area contributed by atoms with Crippen LogP contribution in [0, 0.1) is 12.3 Å². The van der Waals surface area contributed by atoms with Gasteiger partial charge in [0, 0.05) is 73.8 Å². The van der Waals surface area contributed by atoms with Gasteiger partial charge in [-0.3, -0.25) is 14.6 Å². The molecule has 0 saturated carbocycles. The van der Waals surface area contributed by atoms with Crippen LogP contribution >= 0.6 is 0 Å². The normalized spacial score (nSPS) is 19.5. The van der Waals surface area contributed by atoms with Crippen molar-refractivity contribution in [1.29, 1.82) is 0 Å². The number of aliphatic imine (C=N–C) groups is 3.